The van der Waals surface area contributed by atoms with Crippen LogP contribution in [0.1, 0.15) is 41.5 Å². The molecule has 0 aliphatic rings. The van der Waals surface area contributed by atoms with Crippen molar-refractivity contribution < 1.29 is 38.3 Å². The number of hydrogen-bond acceptors (Lipinski definition) is 8. The van der Waals surface area contributed by atoms with Crippen molar-refractivity contribution in [1.82, 2.24) is 0 Å². The maximum absolute atomic E-state index is 11.5. The number of esters is 1. The van der Waals surface area contributed by atoms with Crippen LogP contribution in [-0.2, 0) is 33.5 Å². The molecule has 0 spiro atoms. The minimum Gasteiger partial charge on any atom is -0.460 e. The maximum atomic E-state index is 11.5. The topological polar surface area (TPSA) is 89.5 Å². The lowest BCUT2D eigenvalue weighted by Crippen LogP contribution is -2.35. The number of carbonyl (C=O) groups is 2. The average molecular weight is 362 g/mol. The molecule has 0 aromatic carbocycles. The highest BCUT2D eigenvalue weighted by Crippen LogP contribution is 2.16. The molecular weight excluding hydrogens is 332 g/mol. The summed E-state index contributed by atoms with van der Waals surface area (Å²) in [4.78, 5) is 33.0. The van der Waals surface area contributed by atoms with E-state index in [1.165, 1.54) is 0 Å². The largest absolute Gasteiger partial charge is 0.508 e. The quantitative estimate of drug-likeness (QED) is 0.182. The van der Waals surface area contributed by atoms with E-state index in [0.717, 1.165) is 0 Å². The van der Waals surface area contributed by atoms with Gasteiger partial charge in [-0.15, -0.1) is 0 Å². The van der Waals surface area contributed by atoms with E-state index < -0.39 is 23.3 Å². The Morgan fingerprint density at radius 2 is 1.40 bits per heavy atom. The lowest BCUT2D eigenvalue weighted by molar-refractivity contribution is -0.400. The van der Waals surface area contributed by atoms with Gasteiger partial charge in [-0.3, -0.25) is 0 Å². The second kappa shape index (κ2) is 11.1. The molecule has 146 valence electrons. The van der Waals surface area contributed by atoms with Gasteiger partial charge in [-0.1, -0.05) is 6.58 Å². The zero-order valence-electron chi connectivity index (χ0n) is 16.0. The Morgan fingerprint density at radius 1 is 0.840 bits per heavy atom. The second-order valence-electron chi connectivity index (χ2n) is 6.95. The smallest absolute Gasteiger partial charge is 0.460 e. The van der Waals surface area contributed by atoms with Crippen LogP contribution in [0.5, 0.6) is 0 Å². The third-order valence-corrected chi connectivity index (χ3v) is 2.31. The number of ether oxygens (including phenoxy) is 4. The molecule has 0 aromatic rings. The first-order valence-electron chi connectivity index (χ1n) is 8.00. The van der Waals surface area contributed by atoms with E-state index in [-0.39, 0.29) is 33.0 Å². The molecule has 0 radical (unpaired) electrons. The third-order valence-electron chi connectivity index (χ3n) is 2.31. The molecule has 0 aliphatic carbocycles. The highest BCUT2D eigenvalue weighted by molar-refractivity contribution is 5.86. The number of rotatable bonds is 11. The Hall–Kier alpha value is -1.64. The average Bonchev–Trinajstić information content (AvgIpc) is 2.49. The molecular formula is C17H30O8. The summed E-state index contributed by atoms with van der Waals surface area (Å²) in [5.74, 6) is -0.469. The summed E-state index contributed by atoms with van der Waals surface area (Å²) in [5.41, 5.74) is -0.949. The van der Waals surface area contributed by atoms with Gasteiger partial charge in [0.25, 0.3) is 0 Å². The molecule has 0 bridgehead atoms. The number of carbonyl (C=O) groups excluding carboxylic acids is 2. The Kier molecular flexibility index (Phi) is 10.3. The molecule has 0 atom stereocenters. The zero-order chi connectivity index (χ0) is 19.5. The van der Waals surface area contributed by atoms with Gasteiger partial charge < -0.3 is 18.9 Å². The van der Waals surface area contributed by atoms with Crippen molar-refractivity contribution in [2.75, 3.05) is 33.0 Å². The van der Waals surface area contributed by atoms with Gasteiger partial charge in [0, 0.05) is 5.57 Å². The molecule has 0 aliphatic heterocycles. The summed E-state index contributed by atoms with van der Waals surface area (Å²) in [7, 11) is 0. The standard InChI is InChI=1S/C17H30O8/c1-13(2)14(18)21-10-8-20-9-11-22-15(19)23-12-17(6,7)25-24-16(3,4)5/h1,8-12H2,2-7H3. The lowest BCUT2D eigenvalue weighted by atomic mass is 10.2. The van der Waals surface area contributed by atoms with Crippen LogP contribution in [-0.4, -0.2) is 56.4 Å². The summed E-state index contributed by atoms with van der Waals surface area (Å²) in [6.07, 6.45) is -0.829. The zero-order valence-corrected chi connectivity index (χ0v) is 16.0. The Balaban J connectivity index is 3.70. The summed E-state index contributed by atoms with van der Waals surface area (Å²) in [6, 6.07) is 0. The van der Waals surface area contributed by atoms with Gasteiger partial charge in [-0.25, -0.2) is 19.4 Å². The second-order valence-corrected chi connectivity index (χ2v) is 6.95. The predicted molar refractivity (Wildman–Crippen MR) is 89.9 cm³/mol. The van der Waals surface area contributed by atoms with Crippen LogP contribution in [0.4, 0.5) is 4.79 Å². The van der Waals surface area contributed by atoms with Crippen LogP contribution in [0.15, 0.2) is 12.2 Å². The maximum Gasteiger partial charge on any atom is 0.508 e. The summed E-state index contributed by atoms with van der Waals surface area (Å²) < 4.78 is 19.8. The molecule has 0 saturated carbocycles. The molecule has 0 rings (SSSR count). The van der Waals surface area contributed by atoms with Gasteiger partial charge >= 0.3 is 12.1 Å². The first-order valence-corrected chi connectivity index (χ1v) is 8.00. The van der Waals surface area contributed by atoms with Crippen molar-refractivity contribution in [1.29, 1.82) is 0 Å². The summed E-state index contributed by atoms with van der Waals surface area (Å²) in [5, 5.41) is 0. The normalized spacial score (nSPS) is 11.8. The highest BCUT2D eigenvalue weighted by atomic mass is 17.2. The SMILES string of the molecule is C=C(C)C(=O)OCCOCCOC(=O)OCC(C)(C)OOC(C)(C)C. The van der Waals surface area contributed by atoms with Crippen molar-refractivity contribution in [3.8, 4) is 0 Å². The van der Waals surface area contributed by atoms with E-state index in [9.17, 15) is 9.59 Å². The lowest BCUT2D eigenvalue weighted by Gasteiger charge is -2.27. The molecule has 0 unspecified atom stereocenters. The van der Waals surface area contributed by atoms with Crippen LogP contribution < -0.4 is 0 Å². The molecule has 25 heavy (non-hydrogen) atoms. The first-order chi connectivity index (χ1) is 11.4. The van der Waals surface area contributed by atoms with E-state index >= 15 is 0 Å². The van der Waals surface area contributed by atoms with Crippen LogP contribution in [0.25, 0.3) is 0 Å². The minimum absolute atomic E-state index is 0.0209. The molecule has 0 N–H and O–H groups in total. The van der Waals surface area contributed by atoms with E-state index in [1.807, 2.05) is 20.8 Å². The molecule has 8 nitrogen and oxygen atoms in total. The molecule has 0 saturated heterocycles. The van der Waals surface area contributed by atoms with E-state index in [2.05, 4.69) is 6.58 Å². The van der Waals surface area contributed by atoms with Crippen LogP contribution in [0, 0.1) is 0 Å². The summed E-state index contributed by atoms with van der Waals surface area (Å²) >= 11 is 0. The van der Waals surface area contributed by atoms with Gasteiger partial charge in [0.1, 0.15) is 25.4 Å². The summed E-state index contributed by atoms with van der Waals surface area (Å²) in [6.45, 7) is 14.5. The molecule has 0 fully saturated rings. The van der Waals surface area contributed by atoms with E-state index in [0.29, 0.717) is 5.57 Å². The van der Waals surface area contributed by atoms with Crippen molar-refractivity contribution in [3.63, 3.8) is 0 Å². The fraction of sp³-hybridized carbons (Fsp3) is 0.765. The first kappa shape index (κ1) is 23.4. The van der Waals surface area contributed by atoms with Crippen LogP contribution in [0.3, 0.4) is 0 Å². The van der Waals surface area contributed by atoms with Gasteiger partial charge in [-0.2, -0.15) is 0 Å². The fourth-order valence-corrected chi connectivity index (χ4v) is 1.14. The molecule has 8 heteroatoms. The third kappa shape index (κ3) is 14.4. The van der Waals surface area contributed by atoms with Crippen molar-refractivity contribution >= 4 is 12.1 Å². The Morgan fingerprint density at radius 3 is 1.92 bits per heavy atom. The van der Waals surface area contributed by atoms with Crippen LogP contribution in [0.2, 0.25) is 0 Å². The Labute approximate surface area is 149 Å². The van der Waals surface area contributed by atoms with E-state index in [1.54, 1.807) is 20.8 Å². The highest BCUT2D eigenvalue weighted by Gasteiger charge is 2.26. The van der Waals surface area contributed by atoms with Crippen LogP contribution >= 0.6 is 0 Å². The van der Waals surface area contributed by atoms with Gasteiger partial charge in [0.05, 0.1) is 18.8 Å². The predicted octanol–water partition coefficient (Wildman–Crippen LogP) is 2.80. The van der Waals surface area contributed by atoms with Gasteiger partial charge in [0.2, 0.25) is 0 Å². The van der Waals surface area contributed by atoms with Crippen molar-refractivity contribution in [2.45, 2.75) is 52.7 Å². The number of hydrogen-bond donors (Lipinski definition) is 0. The van der Waals surface area contributed by atoms with Crippen molar-refractivity contribution in [3.05, 3.63) is 12.2 Å². The Bertz CT molecular complexity index is 436. The van der Waals surface area contributed by atoms with Gasteiger partial charge in [-0.05, 0) is 41.5 Å². The minimum atomic E-state index is -0.829. The molecule has 0 amide bonds. The molecule has 0 aromatic heterocycles. The fourth-order valence-electron chi connectivity index (χ4n) is 1.14. The monoisotopic (exact) mass is 362 g/mol. The van der Waals surface area contributed by atoms with Crippen molar-refractivity contribution in [2.24, 2.45) is 0 Å². The van der Waals surface area contributed by atoms with Gasteiger partial charge in [0.15, 0.2) is 0 Å². The van der Waals surface area contributed by atoms with E-state index in [4.69, 9.17) is 28.7 Å². The molecule has 0 heterocycles.